The molecule has 0 fully saturated rings. The maximum atomic E-state index is 5.70. The number of benzene rings is 1. The average molecular weight is 248 g/mol. The van der Waals surface area contributed by atoms with E-state index in [0.29, 0.717) is 11.8 Å². The summed E-state index contributed by atoms with van der Waals surface area (Å²) in [6.07, 6.45) is 2.72. The van der Waals surface area contributed by atoms with Gasteiger partial charge in [0.15, 0.2) is 0 Å². The minimum absolute atomic E-state index is 0.471. The van der Waals surface area contributed by atoms with E-state index in [4.69, 9.17) is 16.3 Å². The average Bonchev–Trinajstić information content (AvgIpc) is 2.40. The first kappa shape index (κ1) is 11.9. The molecule has 1 aromatic heterocycles. The third-order valence-electron chi connectivity index (χ3n) is 2.48. The van der Waals surface area contributed by atoms with E-state index in [9.17, 15) is 0 Å². The summed E-state index contributed by atoms with van der Waals surface area (Å²) in [6.45, 7) is 2.12. The van der Waals surface area contributed by atoms with Crippen molar-refractivity contribution in [2.45, 2.75) is 19.2 Å². The molecule has 0 aliphatic rings. The van der Waals surface area contributed by atoms with Crippen LogP contribution in [0.25, 0.3) is 0 Å². The van der Waals surface area contributed by atoms with Crippen LogP contribution in [0.3, 0.4) is 0 Å². The van der Waals surface area contributed by atoms with Crippen LogP contribution in [-0.2, 0) is 12.3 Å². The summed E-state index contributed by atoms with van der Waals surface area (Å²) in [5.41, 5.74) is 2.24. The molecule has 0 N–H and O–H groups in total. The van der Waals surface area contributed by atoms with Gasteiger partial charge in [-0.3, -0.25) is 0 Å². The molecule has 0 unspecified atom stereocenters. The third kappa shape index (κ3) is 3.21. The molecular weight excluding hydrogens is 234 g/mol. The van der Waals surface area contributed by atoms with E-state index < -0.39 is 0 Å². The molecule has 88 valence electrons. The van der Waals surface area contributed by atoms with E-state index >= 15 is 0 Å². The van der Waals surface area contributed by atoms with E-state index in [0.717, 1.165) is 17.7 Å². The number of halogens is 1. The van der Waals surface area contributed by atoms with Crippen LogP contribution in [0.5, 0.6) is 11.6 Å². The number of alkyl halides is 1. The van der Waals surface area contributed by atoms with Gasteiger partial charge in [0, 0.05) is 18.1 Å². The molecule has 0 radical (unpaired) electrons. The van der Waals surface area contributed by atoms with Crippen LogP contribution in [0.2, 0.25) is 0 Å². The number of rotatable bonds is 4. The number of aryl methyl sites for hydroxylation is 1. The predicted octanol–water partition coefficient (Wildman–Crippen LogP) is 4.18. The minimum atomic E-state index is 0.471. The van der Waals surface area contributed by atoms with E-state index in [2.05, 4.69) is 18.0 Å². The van der Waals surface area contributed by atoms with E-state index in [1.165, 1.54) is 5.56 Å². The Labute approximate surface area is 106 Å². The number of hydrogen-bond acceptors (Lipinski definition) is 2. The monoisotopic (exact) mass is 247 g/mol. The lowest BCUT2D eigenvalue weighted by atomic mass is 10.2. The van der Waals surface area contributed by atoms with Crippen LogP contribution >= 0.6 is 11.6 Å². The normalized spacial score (nSPS) is 10.2. The Kier molecular flexibility index (Phi) is 3.99. The highest BCUT2D eigenvalue weighted by Crippen LogP contribution is 2.21. The molecule has 0 aliphatic carbocycles. The highest BCUT2D eigenvalue weighted by Gasteiger charge is 1.99. The first-order valence-electron chi connectivity index (χ1n) is 5.59. The molecule has 1 aromatic carbocycles. The van der Waals surface area contributed by atoms with Crippen LogP contribution in [-0.4, -0.2) is 4.98 Å². The zero-order chi connectivity index (χ0) is 12.1. The number of ether oxygens (including phenoxy) is 1. The highest BCUT2D eigenvalue weighted by molar-refractivity contribution is 6.17. The van der Waals surface area contributed by atoms with Crippen LogP contribution in [0.4, 0.5) is 0 Å². The summed E-state index contributed by atoms with van der Waals surface area (Å²) in [4.78, 5) is 4.19. The maximum Gasteiger partial charge on any atom is 0.219 e. The molecule has 3 heteroatoms. The van der Waals surface area contributed by atoms with Gasteiger partial charge < -0.3 is 4.74 Å². The lowest BCUT2D eigenvalue weighted by Gasteiger charge is -2.06. The second-order valence-corrected chi connectivity index (χ2v) is 4.01. The smallest absolute Gasteiger partial charge is 0.219 e. The molecule has 17 heavy (non-hydrogen) atoms. The first-order chi connectivity index (χ1) is 8.31. The largest absolute Gasteiger partial charge is 0.439 e. The van der Waals surface area contributed by atoms with E-state index in [1.54, 1.807) is 6.20 Å². The number of pyridine rings is 1. The Hall–Kier alpha value is -1.54. The molecular formula is C14H14ClNO. The van der Waals surface area contributed by atoms with Gasteiger partial charge in [0.25, 0.3) is 0 Å². The second-order valence-electron chi connectivity index (χ2n) is 3.74. The summed E-state index contributed by atoms with van der Waals surface area (Å²) >= 11 is 5.70. The van der Waals surface area contributed by atoms with Gasteiger partial charge in [-0.2, -0.15) is 0 Å². The fraction of sp³-hybridized carbons (Fsp3) is 0.214. The molecule has 0 saturated heterocycles. The van der Waals surface area contributed by atoms with Crippen LogP contribution < -0.4 is 4.74 Å². The van der Waals surface area contributed by atoms with E-state index in [1.807, 2.05) is 30.3 Å². The molecule has 1 heterocycles. The zero-order valence-electron chi connectivity index (χ0n) is 9.69. The van der Waals surface area contributed by atoms with Crippen molar-refractivity contribution in [3.05, 3.63) is 53.7 Å². The standard InChI is InChI=1S/C14H14ClNO/c1-2-11-4-3-5-13(8-11)17-14-7-6-12(9-15)10-16-14/h3-8,10H,2,9H2,1H3. The summed E-state index contributed by atoms with van der Waals surface area (Å²) in [6, 6.07) is 11.8. The Morgan fingerprint density at radius 1 is 1.18 bits per heavy atom. The van der Waals surface area contributed by atoms with Crippen molar-refractivity contribution in [3.8, 4) is 11.6 Å². The number of hydrogen-bond donors (Lipinski definition) is 0. The summed E-state index contributed by atoms with van der Waals surface area (Å²) in [5, 5.41) is 0. The summed E-state index contributed by atoms with van der Waals surface area (Å²) < 4.78 is 5.67. The van der Waals surface area contributed by atoms with Crippen molar-refractivity contribution < 1.29 is 4.74 Å². The molecule has 2 nitrogen and oxygen atoms in total. The van der Waals surface area contributed by atoms with Crippen molar-refractivity contribution in [2.75, 3.05) is 0 Å². The number of nitrogens with zero attached hydrogens (tertiary/aromatic N) is 1. The first-order valence-corrected chi connectivity index (χ1v) is 6.13. The van der Waals surface area contributed by atoms with Crippen molar-refractivity contribution in [3.63, 3.8) is 0 Å². The lowest BCUT2D eigenvalue weighted by molar-refractivity contribution is 0.462. The zero-order valence-corrected chi connectivity index (χ0v) is 10.4. The molecule has 0 aliphatic heterocycles. The quantitative estimate of drug-likeness (QED) is 0.757. The molecule has 2 aromatic rings. The van der Waals surface area contributed by atoms with Crippen molar-refractivity contribution in [1.29, 1.82) is 0 Å². The Morgan fingerprint density at radius 2 is 2.06 bits per heavy atom. The Bertz CT molecular complexity index is 482. The third-order valence-corrected chi connectivity index (χ3v) is 2.79. The number of aromatic nitrogens is 1. The van der Waals surface area contributed by atoms with Gasteiger partial charge in [-0.05, 0) is 29.7 Å². The predicted molar refractivity (Wildman–Crippen MR) is 69.7 cm³/mol. The molecule has 0 amide bonds. The van der Waals surface area contributed by atoms with Crippen molar-refractivity contribution in [2.24, 2.45) is 0 Å². The fourth-order valence-corrected chi connectivity index (χ4v) is 1.66. The van der Waals surface area contributed by atoms with Crippen LogP contribution in [0.1, 0.15) is 18.1 Å². The summed E-state index contributed by atoms with van der Waals surface area (Å²) in [7, 11) is 0. The lowest BCUT2D eigenvalue weighted by Crippen LogP contribution is -1.90. The van der Waals surface area contributed by atoms with Gasteiger partial charge in [0.05, 0.1) is 0 Å². The van der Waals surface area contributed by atoms with Crippen LogP contribution in [0, 0.1) is 0 Å². The van der Waals surface area contributed by atoms with Gasteiger partial charge in [-0.1, -0.05) is 25.1 Å². The second kappa shape index (κ2) is 5.69. The maximum absolute atomic E-state index is 5.70. The van der Waals surface area contributed by atoms with Gasteiger partial charge in [0.2, 0.25) is 5.88 Å². The SMILES string of the molecule is CCc1cccc(Oc2ccc(CCl)cn2)c1. The summed E-state index contributed by atoms with van der Waals surface area (Å²) in [5.74, 6) is 1.88. The van der Waals surface area contributed by atoms with Gasteiger partial charge in [-0.25, -0.2) is 4.98 Å². The van der Waals surface area contributed by atoms with Gasteiger partial charge in [-0.15, -0.1) is 11.6 Å². The van der Waals surface area contributed by atoms with Gasteiger partial charge >= 0.3 is 0 Å². The molecule has 0 atom stereocenters. The molecule has 0 saturated carbocycles. The minimum Gasteiger partial charge on any atom is -0.439 e. The van der Waals surface area contributed by atoms with Crippen molar-refractivity contribution >= 4 is 11.6 Å². The van der Waals surface area contributed by atoms with Crippen molar-refractivity contribution in [1.82, 2.24) is 4.98 Å². The van der Waals surface area contributed by atoms with Crippen LogP contribution in [0.15, 0.2) is 42.6 Å². The topological polar surface area (TPSA) is 22.1 Å². The highest BCUT2D eigenvalue weighted by atomic mass is 35.5. The van der Waals surface area contributed by atoms with Gasteiger partial charge in [0.1, 0.15) is 5.75 Å². The Morgan fingerprint density at radius 3 is 2.71 bits per heavy atom. The molecule has 0 bridgehead atoms. The molecule has 2 rings (SSSR count). The Balaban J connectivity index is 2.13. The fourth-order valence-electron chi connectivity index (χ4n) is 1.50. The van der Waals surface area contributed by atoms with E-state index in [-0.39, 0.29) is 0 Å². The molecule has 0 spiro atoms.